The molecule has 0 radical (unpaired) electrons. The lowest BCUT2D eigenvalue weighted by Crippen LogP contribution is -2.34. The number of nitrogens with one attached hydrogen (secondary N) is 1. The van der Waals surface area contributed by atoms with E-state index in [2.05, 4.69) is 5.32 Å². The minimum absolute atomic E-state index is 0.0710. The molecule has 0 aromatic heterocycles. The molecule has 4 heteroatoms. The van der Waals surface area contributed by atoms with Gasteiger partial charge in [0.05, 0.1) is 6.04 Å². The first-order chi connectivity index (χ1) is 7.54. The third-order valence-corrected chi connectivity index (χ3v) is 2.53. The average Bonchev–Trinajstić information content (AvgIpc) is 2.27. The lowest BCUT2D eigenvalue weighted by atomic mass is 10.1. The van der Waals surface area contributed by atoms with E-state index >= 15 is 0 Å². The molecule has 0 saturated heterocycles. The minimum atomic E-state index is -0.195. The monoisotopic (exact) mass is 222 g/mol. The maximum absolute atomic E-state index is 11.6. The van der Waals surface area contributed by atoms with Crippen molar-refractivity contribution in [2.24, 2.45) is 11.7 Å². The number of amides is 1. The molecule has 0 saturated carbocycles. The third-order valence-electron chi connectivity index (χ3n) is 2.53. The van der Waals surface area contributed by atoms with E-state index in [1.807, 2.05) is 13.0 Å². The van der Waals surface area contributed by atoms with Gasteiger partial charge in [-0.3, -0.25) is 4.79 Å². The van der Waals surface area contributed by atoms with Crippen LogP contribution >= 0.6 is 0 Å². The highest BCUT2D eigenvalue weighted by Crippen LogP contribution is 2.17. The summed E-state index contributed by atoms with van der Waals surface area (Å²) in [5, 5.41) is 12.2. The summed E-state index contributed by atoms with van der Waals surface area (Å²) >= 11 is 0. The molecular formula is C12H18N2O2. The number of rotatable bonds is 4. The quantitative estimate of drug-likeness (QED) is 0.715. The van der Waals surface area contributed by atoms with Gasteiger partial charge in [0.2, 0.25) is 5.91 Å². The second kappa shape index (κ2) is 5.51. The molecule has 1 amide bonds. The van der Waals surface area contributed by atoms with Crippen LogP contribution in [-0.2, 0) is 4.79 Å². The Balaban J connectivity index is 2.65. The fourth-order valence-electron chi connectivity index (χ4n) is 1.34. The molecule has 4 nitrogen and oxygen atoms in total. The van der Waals surface area contributed by atoms with Crippen LogP contribution in [0.25, 0.3) is 0 Å². The number of hydrogen-bond donors (Lipinski definition) is 3. The topological polar surface area (TPSA) is 75.4 Å². The Labute approximate surface area is 95.5 Å². The zero-order valence-electron chi connectivity index (χ0n) is 9.60. The number of nitrogens with two attached hydrogens (primary N) is 1. The molecule has 0 fully saturated rings. The predicted molar refractivity (Wildman–Crippen MR) is 62.9 cm³/mol. The first-order valence-corrected chi connectivity index (χ1v) is 5.34. The molecule has 88 valence electrons. The van der Waals surface area contributed by atoms with Gasteiger partial charge in [-0.25, -0.2) is 0 Å². The molecule has 16 heavy (non-hydrogen) atoms. The Hall–Kier alpha value is -1.55. The number of benzene rings is 1. The first-order valence-electron chi connectivity index (χ1n) is 5.34. The highest BCUT2D eigenvalue weighted by molar-refractivity contribution is 5.78. The van der Waals surface area contributed by atoms with E-state index in [1.165, 1.54) is 0 Å². The van der Waals surface area contributed by atoms with Crippen LogP contribution in [0.4, 0.5) is 0 Å². The van der Waals surface area contributed by atoms with E-state index in [-0.39, 0.29) is 23.6 Å². The van der Waals surface area contributed by atoms with E-state index in [9.17, 15) is 9.90 Å². The highest BCUT2D eigenvalue weighted by atomic mass is 16.3. The molecule has 4 N–H and O–H groups in total. The van der Waals surface area contributed by atoms with Gasteiger partial charge in [0.1, 0.15) is 5.75 Å². The number of phenols is 1. The SMILES string of the molecule is CC(CN)C(=O)NC(C)c1cccc(O)c1. The fraction of sp³-hybridized carbons (Fsp3) is 0.417. The molecule has 0 aliphatic rings. The van der Waals surface area contributed by atoms with E-state index in [0.717, 1.165) is 5.56 Å². The van der Waals surface area contributed by atoms with Crippen molar-refractivity contribution < 1.29 is 9.90 Å². The smallest absolute Gasteiger partial charge is 0.224 e. The second-order valence-electron chi connectivity index (χ2n) is 3.96. The number of aromatic hydroxyl groups is 1. The van der Waals surface area contributed by atoms with Crippen LogP contribution in [0, 0.1) is 5.92 Å². The predicted octanol–water partition coefficient (Wildman–Crippen LogP) is 1.16. The Morgan fingerprint density at radius 1 is 1.50 bits per heavy atom. The van der Waals surface area contributed by atoms with Crippen molar-refractivity contribution in [1.82, 2.24) is 5.32 Å². The van der Waals surface area contributed by atoms with Crippen molar-refractivity contribution in [3.8, 4) is 5.75 Å². The Morgan fingerprint density at radius 2 is 2.19 bits per heavy atom. The number of carbonyl (C=O) groups is 1. The van der Waals surface area contributed by atoms with Crippen LogP contribution < -0.4 is 11.1 Å². The fourth-order valence-corrected chi connectivity index (χ4v) is 1.34. The van der Waals surface area contributed by atoms with Crippen molar-refractivity contribution in [3.05, 3.63) is 29.8 Å². The van der Waals surface area contributed by atoms with E-state index in [0.29, 0.717) is 6.54 Å². The zero-order valence-corrected chi connectivity index (χ0v) is 9.60. The third kappa shape index (κ3) is 3.24. The number of carbonyl (C=O) groups excluding carboxylic acids is 1. The van der Waals surface area contributed by atoms with Crippen LogP contribution in [0.15, 0.2) is 24.3 Å². The molecule has 0 heterocycles. The Bertz CT molecular complexity index is 366. The van der Waals surface area contributed by atoms with Crippen molar-refractivity contribution in [3.63, 3.8) is 0 Å². The summed E-state index contributed by atoms with van der Waals surface area (Å²) in [7, 11) is 0. The lowest BCUT2D eigenvalue weighted by molar-refractivity contribution is -0.124. The molecule has 2 unspecified atom stereocenters. The van der Waals surface area contributed by atoms with Crippen LogP contribution in [0.2, 0.25) is 0 Å². The Kier molecular flexibility index (Phi) is 4.31. The first kappa shape index (κ1) is 12.5. The Morgan fingerprint density at radius 3 is 2.75 bits per heavy atom. The average molecular weight is 222 g/mol. The van der Waals surface area contributed by atoms with Gasteiger partial charge in [0, 0.05) is 12.5 Å². The maximum atomic E-state index is 11.6. The molecule has 0 spiro atoms. The molecule has 1 aromatic carbocycles. The van der Waals surface area contributed by atoms with Crippen LogP contribution in [0.5, 0.6) is 5.75 Å². The van der Waals surface area contributed by atoms with Gasteiger partial charge in [-0.15, -0.1) is 0 Å². The summed E-state index contributed by atoms with van der Waals surface area (Å²) in [6.45, 7) is 3.99. The highest BCUT2D eigenvalue weighted by Gasteiger charge is 2.14. The molecule has 2 atom stereocenters. The van der Waals surface area contributed by atoms with E-state index < -0.39 is 0 Å². The van der Waals surface area contributed by atoms with Crippen molar-refractivity contribution >= 4 is 5.91 Å². The van der Waals surface area contributed by atoms with Crippen molar-refractivity contribution in [1.29, 1.82) is 0 Å². The molecule has 0 aliphatic heterocycles. The van der Waals surface area contributed by atoms with Crippen LogP contribution in [-0.4, -0.2) is 17.6 Å². The van der Waals surface area contributed by atoms with Crippen molar-refractivity contribution in [2.45, 2.75) is 19.9 Å². The summed E-state index contributed by atoms with van der Waals surface area (Å²) in [5.74, 6) is -0.0661. The summed E-state index contributed by atoms with van der Waals surface area (Å²) < 4.78 is 0. The minimum Gasteiger partial charge on any atom is -0.508 e. The summed E-state index contributed by atoms with van der Waals surface area (Å²) in [6.07, 6.45) is 0. The lowest BCUT2D eigenvalue weighted by Gasteiger charge is -2.17. The maximum Gasteiger partial charge on any atom is 0.224 e. The van der Waals surface area contributed by atoms with Gasteiger partial charge in [0.25, 0.3) is 0 Å². The number of phenolic OH excluding ortho intramolecular Hbond substituents is 1. The van der Waals surface area contributed by atoms with Gasteiger partial charge in [-0.1, -0.05) is 19.1 Å². The van der Waals surface area contributed by atoms with E-state index in [1.54, 1.807) is 25.1 Å². The largest absolute Gasteiger partial charge is 0.508 e. The van der Waals surface area contributed by atoms with E-state index in [4.69, 9.17) is 5.73 Å². The summed E-state index contributed by atoms with van der Waals surface area (Å²) in [5.41, 5.74) is 6.28. The van der Waals surface area contributed by atoms with Gasteiger partial charge in [-0.05, 0) is 24.6 Å². The van der Waals surface area contributed by atoms with Crippen LogP contribution in [0.3, 0.4) is 0 Å². The standard InChI is InChI=1S/C12H18N2O2/c1-8(7-13)12(16)14-9(2)10-4-3-5-11(15)6-10/h3-6,8-9,15H,7,13H2,1-2H3,(H,14,16). The van der Waals surface area contributed by atoms with Crippen LogP contribution in [0.1, 0.15) is 25.5 Å². The summed E-state index contributed by atoms with van der Waals surface area (Å²) in [6, 6.07) is 6.71. The van der Waals surface area contributed by atoms with Crippen molar-refractivity contribution in [2.75, 3.05) is 6.54 Å². The molecular weight excluding hydrogens is 204 g/mol. The van der Waals surface area contributed by atoms with Gasteiger partial charge >= 0.3 is 0 Å². The molecule has 1 aromatic rings. The van der Waals surface area contributed by atoms with Gasteiger partial charge in [0.15, 0.2) is 0 Å². The molecule has 1 rings (SSSR count). The summed E-state index contributed by atoms with van der Waals surface area (Å²) in [4.78, 5) is 11.6. The molecule has 0 aliphatic carbocycles. The van der Waals surface area contributed by atoms with Gasteiger partial charge < -0.3 is 16.2 Å². The molecule has 0 bridgehead atoms. The van der Waals surface area contributed by atoms with Gasteiger partial charge in [-0.2, -0.15) is 0 Å². The second-order valence-corrected chi connectivity index (χ2v) is 3.96. The number of hydrogen-bond acceptors (Lipinski definition) is 3. The zero-order chi connectivity index (χ0) is 12.1. The normalized spacial score (nSPS) is 14.2.